The van der Waals surface area contributed by atoms with Gasteiger partial charge in [-0.2, -0.15) is 0 Å². The molecular formula is C22H19ClN4O. The molecule has 0 saturated carbocycles. The number of fused-ring (bicyclic) bond motifs is 1. The van der Waals surface area contributed by atoms with Crippen LogP contribution in [-0.4, -0.2) is 20.4 Å². The summed E-state index contributed by atoms with van der Waals surface area (Å²) < 4.78 is 2.11. The molecule has 1 amide bonds. The van der Waals surface area contributed by atoms with Crippen LogP contribution < -0.4 is 5.32 Å². The van der Waals surface area contributed by atoms with Gasteiger partial charge in [-0.1, -0.05) is 41.9 Å². The molecule has 4 rings (SSSR count). The fraction of sp³-hybridized carbons (Fsp3) is 0.136. The Balaban J connectivity index is 1.70. The Labute approximate surface area is 168 Å². The second kappa shape index (κ2) is 7.82. The van der Waals surface area contributed by atoms with Crippen molar-refractivity contribution >= 4 is 28.5 Å². The zero-order chi connectivity index (χ0) is 19.5. The van der Waals surface area contributed by atoms with Gasteiger partial charge in [0.05, 0.1) is 23.6 Å². The highest BCUT2D eigenvalue weighted by Gasteiger charge is 2.19. The van der Waals surface area contributed by atoms with Crippen LogP contribution in [0.3, 0.4) is 0 Å². The van der Waals surface area contributed by atoms with E-state index in [-0.39, 0.29) is 11.9 Å². The Morgan fingerprint density at radius 2 is 1.79 bits per heavy atom. The summed E-state index contributed by atoms with van der Waals surface area (Å²) in [6, 6.07) is 18.8. The topological polar surface area (TPSA) is 59.8 Å². The van der Waals surface area contributed by atoms with Crippen molar-refractivity contribution in [3.05, 3.63) is 95.0 Å². The molecule has 1 N–H and O–H groups in total. The molecule has 0 aliphatic heterocycles. The van der Waals surface area contributed by atoms with Crippen molar-refractivity contribution < 1.29 is 4.79 Å². The van der Waals surface area contributed by atoms with Gasteiger partial charge in [0.2, 0.25) is 0 Å². The van der Waals surface area contributed by atoms with E-state index in [1.165, 1.54) is 0 Å². The van der Waals surface area contributed by atoms with Crippen LogP contribution in [0.15, 0.2) is 73.1 Å². The Bertz CT molecular complexity index is 1120. The van der Waals surface area contributed by atoms with E-state index in [1.54, 1.807) is 24.5 Å². The highest BCUT2D eigenvalue weighted by molar-refractivity contribution is 6.31. The number of pyridine rings is 1. The summed E-state index contributed by atoms with van der Waals surface area (Å²) in [6.45, 7) is 2.51. The van der Waals surface area contributed by atoms with Crippen molar-refractivity contribution in [2.24, 2.45) is 0 Å². The van der Waals surface area contributed by atoms with Crippen molar-refractivity contribution in [2.45, 2.75) is 19.5 Å². The molecule has 6 heteroatoms. The molecular weight excluding hydrogens is 372 g/mol. The molecule has 5 nitrogen and oxygen atoms in total. The third-order valence-corrected chi connectivity index (χ3v) is 5.02. The molecule has 0 bridgehead atoms. The van der Waals surface area contributed by atoms with E-state index in [0.29, 0.717) is 17.1 Å². The number of para-hydroxylation sites is 2. The number of nitrogens with one attached hydrogen (secondary N) is 1. The predicted molar refractivity (Wildman–Crippen MR) is 110 cm³/mol. The number of amides is 1. The van der Waals surface area contributed by atoms with Crippen LogP contribution in [0.5, 0.6) is 0 Å². The van der Waals surface area contributed by atoms with E-state index >= 15 is 0 Å². The molecule has 2 aromatic heterocycles. The van der Waals surface area contributed by atoms with Crippen molar-refractivity contribution in [3.63, 3.8) is 0 Å². The summed E-state index contributed by atoms with van der Waals surface area (Å²) in [5.41, 5.74) is 3.45. The summed E-state index contributed by atoms with van der Waals surface area (Å²) in [4.78, 5) is 21.3. The maximum absolute atomic E-state index is 12.6. The number of hydrogen-bond acceptors (Lipinski definition) is 3. The number of benzene rings is 2. The lowest BCUT2D eigenvalue weighted by atomic mass is 10.2. The van der Waals surface area contributed by atoms with Crippen LogP contribution in [0.25, 0.3) is 11.0 Å². The standard InChI is InChI=1S/C22H19ClN4O/c1-15(25-22(28)16-10-12-24-13-11-16)21-26-19-8-4-5-9-20(19)27(21)14-17-6-2-3-7-18(17)23/h2-13,15H,14H2,1H3,(H,25,28). The number of rotatable bonds is 5. The average Bonchev–Trinajstić information content (AvgIpc) is 3.09. The predicted octanol–water partition coefficient (Wildman–Crippen LogP) is 4.62. The molecule has 2 heterocycles. The first-order valence-electron chi connectivity index (χ1n) is 9.03. The van der Waals surface area contributed by atoms with E-state index in [0.717, 1.165) is 22.4 Å². The number of carbonyl (C=O) groups is 1. The Morgan fingerprint density at radius 1 is 1.07 bits per heavy atom. The van der Waals surface area contributed by atoms with Crippen LogP contribution in [0, 0.1) is 0 Å². The number of hydrogen-bond donors (Lipinski definition) is 1. The molecule has 0 spiro atoms. The van der Waals surface area contributed by atoms with Crippen LogP contribution in [-0.2, 0) is 6.54 Å². The molecule has 0 aliphatic carbocycles. The minimum Gasteiger partial charge on any atom is -0.342 e. The largest absolute Gasteiger partial charge is 0.342 e. The molecule has 1 atom stereocenters. The lowest BCUT2D eigenvalue weighted by Gasteiger charge is -2.17. The Morgan fingerprint density at radius 3 is 2.57 bits per heavy atom. The number of aromatic nitrogens is 3. The number of imidazole rings is 1. The van der Waals surface area contributed by atoms with Crippen LogP contribution >= 0.6 is 11.6 Å². The summed E-state index contributed by atoms with van der Waals surface area (Å²) >= 11 is 6.38. The van der Waals surface area contributed by atoms with Gasteiger partial charge in [0.15, 0.2) is 0 Å². The third-order valence-electron chi connectivity index (χ3n) is 4.65. The zero-order valence-electron chi connectivity index (χ0n) is 15.3. The lowest BCUT2D eigenvalue weighted by molar-refractivity contribution is 0.0937. The SMILES string of the molecule is CC(NC(=O)c1ccncc1)c1nc2ccccc2n1Cc1ccccc1Cl. The fourth-order valence-corrected chi connectivity index (χ4v) is 3.43. The lowest BCUT2D eigenvalue weighted by Crippen LogP contribution is -2.28. The second-order valence-electron chi connectivity index (χ2n) is 6.57. The molecule has 0 radical (unpaired) electrons. The molecule has 0 saturated heterocycles. The van der Waals surface area contributed by atoms with Crippen LogP contribution in [0.4, 0.5) is 0 Å². The van der Waals surface area contributed by atoms with Crippen molar-refractivity contribution in [3.8, 4) is 0 Å². The van der Waals surface area contributed by atoms with E-state index in [2.05, 4.69) is 14.9 Å². The quantitative estimate of drug-likeness (QED) is 0.540. The minimum absolute atomic E-state index is 0.161. The first-order chi connectivity index (χ1) is 13.6. The van der Waals surface area contributed by atoms with Gasteiger partial charge in [-0.05, 0) is 42.8 Å². The maximum atomic E-state index is 12.6. The van der Waals surface area contributed by atoms with Gasteiger partial charge in [0.1, 0.15) is 5.82 Å². The summed E-state index contributed by atoms with van der Waals surface area (Å²) in [5.74, 6) is 0.620. The number of nitrogens with zero attached hydrogens (tertiary/aromatic N) is 3. The normalized spacial score (nSPS) is 12.1. The zero-order valence-corrected chi connectivity index (χ0v) is 16.1. The van der Waals surface area contributed by atoms with Gasteiger partial charge in [0, 0.05) is 23.0 Å². The number of halogens is 1. The van der Waals surface area contributed by atoms with Gasteiger partial charge in [0.25, 0.3) is 5.91 Å². The smallest absolute Gasteiger partial charge is 0.251 e. The molecule has 0 aliphatic rings. The van der Waals surface area contributed by atoms with Gasteiger partial charge in [-0.25, -0.2) is 4.98 Å². The van der Waals surface area contributed by atoms with Crippen molar-refractivity contribution in [2.75, 3.05) is 0 Å². The first kappa shape index (κ1) is 18.2. The van der Waals surface area contributed by atoms with Gasteiger partial charge in [-0.15, -0.1) is 0 Å². The Hall–Kier alpha value is -3.18. The molecule has 2 aromatic carbocycles. The molecule has 28 heavy (non-hydrogen) atoms. The molecule has 0 fully saturated rings. The average molecular weight is 391 g/mol. The highest BCUT2D eigenvalue weighted by atomic mass is 35.5. The molecule has 4 aromatic rings. The molecule has 1 unspecified atom stereocenters. The minimum atomic E-state index is -0.282. The van der Waals surface area contributed by atoms with E-state index in [1.807, 2.05) is 55.5 Å². The highest BCUT2D eigenvalue weighted by Crippen LogP contribution is 2.25. The third kappa shape index (κ3) is 3.62. The van der Waals surface area contributed by atoms with Gasteiger partial charge in [-0.3, -0.25) is 9.78 Å². The van der Waals surface area contributed by atoms with E-state index < -0.39 is 0 Å². The van der Waals surface area contributed by atoms with Crippen molar-refractivity contribution in [1.82, 2.24) is 19.9 Å². The summed E-state index contributed by atoms with van der Waals surface area (Å²) in [6.07, 6.45) is 3.21. The van der Waals surface area contributed by atoms with Gasteiger partial charge >= 0.3 is 0 Å². The summed E-state index contributed by atoms with van der Waals surface area (Å²) in [5, 5.41) is 3.74. The fourth-order valence-electron chi connectivity index (χ4n) is 3.24. The molecule has 140 valence electrons. The van der Waals surface area contributed by atoms with Crippen LogP contribution in [0.1, 0.15) is 34.7 Å². The van der Waals surface area contributed by atoms with E-state index in [4.69, 9.17) is 16.6 Å². The van der Waals surface area contributed by atoms with Gasteiger partial charge < -0.3 is 9.88 Å². The summed E-state index contributed by atoms with van der Waals surface area (Å²) in [7, 11) is 0. The van der Waals surface area contributed by atoms with E-state index in [9.17, 15) is 4.79 Å². The first-order valence-corrected chi connectivity index (χ1v) is 9.41. The number of carbonyl (C=O) groups excluding carboxylic acids is 1. The Kier molecular flexibility index (Phi) is 5.08. The van der Waals surface area contributed by atoms with Crippen molar-refractivity contribution in [1.29, 1.82) is 0 Å². The maximum Gasteiger partial charge on any atom is 0.251 e. The van der Waals surface area contributed by atoms with Crippen LogP contribution in [0.2, 0.25) is 5.02 Å². The monoisotopic (exact) mass is 390 g/mol. The second-order valence-corrected chi connectivity index (χ2v) is 6.97.